The predicted octanol–water partition coefficient (Wildman–Crippen LogP) is -2.78. The number of carboxylic acids is 1. The van der Waals surface area contributed by atoms with Crippen LogP contribution in [-0.2, 0) is 25.6 Å². The Morgan fingerprint density at radius 1 is 0.795 bits per heavy atom. The van der Waals surface area contributed by atoms with Crippen LogP contribution in [0.25, 0.3) is 0 Å². The van der Waals surface area contributed by atoms with Gasteiger partial charge in [-0.05, 0) is 44.6 Å². The number of aliphatic imine (C=N–C) groups is 2. The average molecular weight is 549 g/mol. The second kappa shape index (κ2) is 17.2. The van der Waals surface area contributed by atoms with Crippen molar-refractivity contribution in [1.29, 1.82) is 0 Å². The second-order valence-electron chi connectivity index (χ2n) is 8.88. The highest BCUT2D eigenvalue weighted by atomic mass is 16.4. The Kier molecular flexibility index (Phi) is 14.4. The third kappa shape index (κ3) is 13.6. The van der Waals surface area contributed by atoms with Gasteiger partial charge in [0.15, 0.2) is 11.9 Å². The summed E-state index contributed by atoms with van der Waals surface area (Å²) < 4.78 is 0. The number of nitrogens with zero attached hydrogens (tertiary/aromatic N) is 2. The van der Waals surface area contributed by atoms with Gasteiger partial charge >= 0.3 is 5.97 Å². The maximum Gasteiger partial charge on any atom is 0.326 e. The Labute approximate surface area is 227 Å². The van der Waals surface area contributed by atoms with E-state index in [2.05, 4.69) is 25.9 Å². The Bertz CT molecular complexity index is 1010. The van der Waals surface area contributed by atoms with Crippen molar-refractivity contribution in [2.75, 3.05) is 13.1 Å². The van der Waals surface area contributed by atoms with Crippen LogP contribution in [0.1, 0.15) is 38.2 Å². The van der Waals surface area contributed by atoms with Gasteiger partial charge in [0.2, 0.25) is 17.7 Å². The zero-order valence-corrected chi connectivity index (χ0v) is 22.0. The molecule has 216 valence electrons. The molecule has 14 N–H and O–H groups in total. The highest BCUT2D eigenvalue weighted by Gasteiger charge is 2.28. The summed E-state index contributed by atoms with van der Waals surface area (Å²) in [4.78, 5) is 57.6. The molecule has 0 fully saturated rings. The molecule has 0 aliphatic heterocycles. The number of carboxylic acid groups (broad SMARTS) is 1. The van der Waals surface area contributed by atoms with E-state index in [9.17, 15) is 24.3 Å². The molecule has 15 heteroatoms. The summed E-state index contributed by atoms with van der Waals surface area (Å²) in [5.74, 6) is -3.40. The van der Waals surface area contributed by atoms with Crippen molar-refractivity contribution in [2.24, 2.45) is 38.7 Å². The first-order chi connectivity index (χ1) is 18.4. The molecular weight excluding hydrogens is 508 g/mol. The van der Waals surface area contributed by atoms with Crippen LogP contribution in [0, 0.1) is 0 Å². The Morgan fingerprint density at radius 3 is 1.82 bits per heavy atom. The maximum absolute atomic E-state index is 13.0. The number of hydrogen-bond donors (Lipinski definition) is 9. The van der Waals surface area contributed by atoms with Gasteiger partial charge < -0.3 is 49.7 Å². The number of guanidine groups is 2. The van der Waals surface area contributed by atoms with Gasteiger partial charge in [-0.15, -0.1) is 0 Å². The van der Waals surface area contributed by atoms with Crippen molar-refractivity contribution >= 4 is 35.6 Å². The van der Waals surface area contributed by atoms with E-state index in [1.807, 2.05) is 30.3 Å². The molecule has 0 bridgehead atoms. The maximum atomic E-state index is 13.0. The van der Waals surface area contributed by atoms with Crippen LogP contribution in [0.2, 0.25) is 0 Å². The van der Waals surface area contributed by atoms with Gasteiger partial charge in [0.05, 0.1) is 6.04 Å². The van der Waals surface area contributed by atoms with Gasteiger partial charge in [0, 0.05) is 13.1 Å². The van der Waals surface area contributed by atoms with E-state index in [1.54, 1.807) is 0 Å². The minimum Gasteiger partial charge on any atom is -0.480 e. The minimum absolute atomic E-state index is 0.0707. The lowest BCUT2D eigenvalue weighted by Crippen LogP contribution is -2.56. The molecule has 0 heterocycles. The molecule has 0 saturated heterocycles. The first-order valence-electron chi connectivity index (χ1n) is 12.4. The molecule has 1 aromatic rings. The summed E-state index contributed by atoms with van der Waals surface area (Å²) in [6.45, 7) is 1.81. The second-order valence-corrected chi connectivity index (χ2v) is 8.88. The van der Waals surface area contributed by atoms with Crippen LogP contribution >= 0.6 is 0 Å². The molecule has 15 nitrogen and oxygen atoms in total. The van der Waals surface area contributed by atoms with Crippen molar-refractivity contribution in [3.05, 3.63) is 35.9 Å². The van der Waals surface area contributed by atoms with Gasteiger partial charge in [-0.3, -0.25) is 24.4 Å². The average Bonchev–Trinajstić information content (AvgIpc) is 2.87. The zero-order valence-electron chi connectivity index (χ0n) is 22.0. The third-order valence-electron chi connectivity index (χ3n) is 5.53. The van der Waals surface area contributed by atoms with Crippen molar-refractivity contribution in [2.45, 2.75) is 63.2 Å². The molecule has 1 rings (SSSR count). The molecule has 39 heavy (non-hydrogen) atoms. The highest BCUT2D eigenvalue weighted by molar-refractivity contribution is 5.94. The predicted molar refractivity (Wildman–Crippen MR) is 147 cm³/mol. The lowest BCUT2D eigenvalue weighted by Gasteiger charge is -2.23. The van der Waals surface area contributed by atoms with E-state index in [0.29, 0.717) is 12.8 Å². The number of hydrogen-bond acceptors (Lipinski definition) is 7. The minimum atomic E-state index is -1.25. The third-order valence-corrected chi connectivity index (χ3v) is 5.53. The van der Waals surface area contributed by atoms with Gasteiger partial charge in [0.1, 0.15) is 18.1 Å². The van der Waals surface area contributed by atoms with E-state index in [-0.39, 0.29) is 44.3 Å². The van der Waals surface area contributed by atoms with E-state index in [1.165, 1.54) is 6.92 Å². The van der Waals surface area contributed by atoms with Gasteiger partial charge in [-0.25, -0.2) is 4.79 Å². The highest BCUT2D eigenvalue weighted by Crippen LogP contribution is 2.05. The van der Waals surface area contributed by atoms with Crippen molar-refractivity contribution in [3.8, 4) is 0 Å². The molecule has 0 aromatic heterocycles. The van der Waals surface area contributed by atoms with E-state index in [0.717, 1.165) is 5.56 Å². The molecule has 1 aromatic carbocycles. The summed E-state index contributed by atoms with van der Waals surface area (Å²) in [5.41, 5.74) is 28.1. The SMILES string of the molecule is CC(NC(=O)C(CCCN=C(N)N)NC(=O)C(N)Cc1ccccc1)C(=O)NC(CCCN=C(N)N)C(=O)O. The summed E-state index contributed by atoms with van der Waals surface area (Å²) in [5, 5.41) is 16.9. The van der Waals surface area contributed by atoms with Crippen LogP contribution in [0.4, 0.5) is 0 Å². The Hall–Kier alpha value is -4.40. The van der Waals surface area contributed by atoms with Crippen molar-refractivity contribution in [1.82, 2.24) is 16.0 Å². The first-order valence-corrected chi connectivity index (χ1v) is 12.4. The van der Waals surface area contributed by atoms with Crippen LogP contribution in [0.5, 0.6) is 0 Å². The van der Waals surface area contributed by atoms with Gasteiger partial charge in [0.25, 0.3) is 0 Å². The Morgan fingerprint density at radius 2 is 1.31 bits per heavy atom. The smallest absolute Gasteiger partial charge is 0.326 e. The number of carbonyl (C=O) groups excluding carboxylic acids is 3. The number of benzene rings is 1. The fourth-order valence-electron chi connectivity index (χ4n) is 3.45. The van der Waals surface area contributed by atoms with Gasteiger partial charge in [-0.2, -0.15) is 0 Å². The fourth-order valence-corrected chi connectivity index (χ4v) is 3.45. The number of nitrogens with one attached hydrogen (secondary N) is 3. The van der Waals surface area contributed by atoms with Crippen LogP contribution < -0.4 is 44.6 Å². The van der Waals surface area contributed by atoms with Crippen molar-refractivity contribution < 1.29 is 24.3 Å². The lowest BCUT2D eigenvalue weighted by molar-refractivity contribution is -0.142. The zero-order chi connectivity index (χ0) is 29.4. The van der Waals surface area contributed by atoms with E-state index < -0.39 is 47.9 Å². The number of aliphatic carboxylic acids is 1. The summed E-state index contributed by atoms with van der Waals surface area (Å²) >= 11 is 0. The standard InChI is InChI=1S/C24H40N10O5/c1-14(19(35)34-18(22(38)39)10-6-12-31-24(28)29)32-21(37)17(9-5-11-30-23(26)27)33-20(36)16(25)13-15-7-3-2-4-8-15/h2-4,7-8,14,16-18H,5-6,9-13,25H2,1H3,(H,32,37)(H,33,36)(H,34,35)(H,38,39)(H4,26,27,30)(H4,28,29,31). The molecule has 3 amide bonds. The van der Waals surface area contributed by atoms with Gasteiger partial charge in [-0.1, -0.05) is 30.3 Å². The molecule has 0 spiro atoms. The molecule has 0 saturated carbocycles. The normalized spacial score (nSPS) is 13.6. The number of nitrogens with two attached hydrogens (primary N) is 5. The Balaban J connectivity index is 2.80. The molecule has 0 radical (unpaired) electrons. The van der Waals surface area contributed by atoms with E-state index >= 15 is 0 Å². The van der Waals surface area contributed by atoms with Crippen LogP contribution in [-0.4, -0.2) is 78.0 Å². The van der Waals surface area contributed by atoms with Crippen LogP contribution in [0.3, 0.4) is 0 Å². The summed E-state index contributed by atoms with van der Waals surface area (Å²) in [7, 11) is 0. The first kappa shape index (κ1) is 32.6. The molecule has 0 aliphatic carbocycles. The molecule has 0 aliphatic rings. The number of amides is 3. The number of rotatable bonds is 17. The topological polar surface area (TPSA) is 279 Å². The summed E-state index contributed by atoms with van der Waals surface area (Å²) in [6, 6.07) is 4.88. The summed E-state index contributed by atoms with van der Waals surface area (Å²) in [6.07, 6.45) is 1.14. The number of carbonyl (C=O) groups is 4. The van der Waals surface area contributed by atoms with E-state index in [4.69, 9.17) is 28.7 Å². The molecular formula is C24H40N10O5. The molecule has 4 unspecified atom stereocenters. The fraction of sp³-hybridized carbons (Fsp3) is 0.500. The van der Waals surface area contributed by atoms with Crippen LogP contribution in [0.15, 0.2) is 40.3 Å². The monoisotopic (exact) mass is 548 g/mol. The van der Waals surface area contributed by atoms with Crippen molar-refractivity contribution in [3.63, 3.8) is 0 Å². The largest absolute Gasteiger partial charge is 0.480 e. The lowest BCUT2D eigenvalue weighted by atomic mass is 10.0. The quantitative estimate of drug-likeness (QED) is 0.0548. The molecule has 4 atom stereocenters.